The van der Waals surface area contributed by atoms with Crippen molar-refractivity contribution >= 4 is 11.8 Å². The van der Waals surface area contributed by atoms with E-state index in [-0.39, 0.29) is 17.7 Å². The first-order chi connectivity index (χ1) is 8.75. The average Bonchev–Trinajstić information content (AvgIpc) is 2.99. The van der Waals surface area contributed by atoms with Crippen LogP contribution >= 0.6 is 0 Å². The number of amides is 2. The molecule has 1 saturated carbocycles. The van der Waals surface area contributed by atoms with Crippen molar-refractivity contribution < 1.29 is 14.3 Å². The first-order valence-corrected chi connectivity index (χ1v) is 6.91. The highest BCUT2D eigenvalue weighted by molar-refractivity contribution is 5.89. The summed E-state index contributed by atoms with van der Waals surface area (Å²) in [5.74, 6) is -0.234. The lowest BCUT2D eigenvalue weighted by Gasteiger charge is -2.12. The van der Waals surface area contributed by atoms with Gasteiger partial charge in [-0.15, -0.1) is 0 Å². The Kier molecular flexibility index (Phi) is 4.99. The van der Waals surface area contributed by atoms with Crippen LogP contribution in [-0.4, -0.2) is 37.6 Å². The van der Waals surface area contributed by atoms with Crippen molar-refractivity contribution in [3.05, 3.63) is 0 Å². The minimum Gasteiger partial charge on any atom is -0.378 e. The Morgan fingerprint density at radius 3 is 2.83 bits per heavy atom. The van der Waals surface area contributed by atoms with Crippen molar-refractivity contribution in [1.82, 2.24) is 10.6 Å². The fourth-order valence-electron chi connectivity index (χ4n) is 2.52. The van der Waals surface area contributed by atoms with E-state index >= 15 is 0 Å². The first kappa shape index (κ1) is 13.3. The van der Waals surface area contributed by atoms with E-state index < -0.39 is 0 Å². The zero-order valence-electron chi connectivity index (χ0n) is 10.7. The predicted octanol–water partition coefficient (Wildman–Crippen LogP) is 0.588. The smallest absolute Gasteiger partial charge is 0.225 e. The van der Waals surface area contributed by atoms with Crippen LogP contribution in [0.3, 0.4) is 0 Å². The number of carbonyl (C=O) groups is 2. The molecule has 0 bridgehead atoms. The van der Waals surface area contributed by atoms with Crippen molar-refractivity contribution in [3.8, 4) is 0 Å². The van der Waals surface area contributed by atoms with Gasteiger partial charge in [-0.25, -0.2) is 0 Å². The Morgan fingerprint density at radius 2 is 2.17 bits per heavy atom. The SMILES string of the molecule is O=C1C[C@@H](C(=O)NCCCOC2CCCC2)CN1. The topological polar surface area (TPSA) is 67.4 Å². The van der Waals surface area contributed by atoms with Gasteiger partial charge in [-0.2, -0.15) is 0 Å². The molecule has 0 aromatic heterocycles. The summed E-state index contributed by atoms with van der Waals surface area (Å²) in [7, 11) is 0. The molecule has 2 aliphatic rings. The summed E-state index contributed by atoms with van der Waals surface area (Å²) in [6.07, 6.45) is 6.54. The van der Waals surface area contributed by atoms with Crippen molar-refractivity contribution in [2.24, 2.45) is 5.92 Å². The summed E-state index contributed by atoms with van der Waals surface area (Å²) in [6, 6.07) is 0. The van der Waals surface area contributed by atoms with Gasteiger partial charge in [0.2, 0.25) is 11.8 Å². The van der Waals surface area contributed by atoms with Crippen molar-refractivity contribution in [1.29, 1.82) is 0 Å². The third kappa shape index (κ3) is 3.98. The van der Waals surface area contributed by atoms with Crippen LogP contribution in [0.4, 0.5) is 0 Å². The van der Waals surface area contributed by atoms with Gasteiger partial charge in [-0.1, -0.05) is 12.8 Å². The zero-order valence-corrected chi connectivity index (χ0v) is 10.7. The maximum atomic E-state index is 11.7. The number of nitrogens with one attached hydrogen (secondary N) is 2. The van der Waals surface area contributed by atoms with Crippen molar-refractivity contribution in [2.45, 2.75) is 44.6 Å². The average molecular weight is 254 g/mol. The summed E-state index contributed by atoms with van der Waals surface area (Å²) < 4.78 is 5.71. The molecule has 2 N–H and O–H groups in total. The standard InChI is InChI=1S/C13H22N2O3/c16-12-8-10(9-15-12)13(17)14-6-3-7-18-11-4-1-2-5-11/h10-11H,1-9H2,(H,14,17)(H,15,16)/t10-/m1/s1. The molecule has 1 aliphatic heterocycles. The van der Waals surface area contributed by atoms with E-state index in [1.807, 2.05) is 0 Å². The predicted molar refractivity (Wildman–Crippen MR) is 67.0 cm³/mol. The molecule has 1 saturated heterocycles. The maximum absolute atomic E-state index is 11.7. The number of carbonyl (C=O) groups excluding carboxylic acids is 2. The van der Waals surface area contributed by atoms with Gasteiger partial charge in [-0.3, -0.25) is 9.59 Å². The van der Waals surface area contributed by atoms with Crippen LogP contribution in [0.1, 0.15) is 38.5 Å². The highest BCUT2D eigenvalue weighted by Gasteiger charge is 2.27. The Hall–Kier alpha value is -1.10. The fourth-order valence-corrected chi connectivity index (χ4v) is 2.52. The summed E-state index contributed by atoms with van der Waals surface area (Å²) in [5, 5.41) is 5.52. The molecular formula is C13H22N2O3. The molecule has 2 fully saturated rings. The molecule has 0 spiro atoms. The summed E-state index contributed by atoms with van der Waals surface area (Å²) in [5.41, 5.74) is 0. The van der Waals surface area contributed by atoms with Crippen LogP contribution in [0.25, 0.3) is 0 Å². The Bertz CT molecular complexity index is 301. The molecule has 102 valence electrons. The lowest BCUT2D eigenvalue weighted by molar-refractivity contribution is -0.126. The van der Waals surface area contributed by atoms with Crippen molar-refractivity contribution in [3.63, 3.8) is 0 Å². The maximum Gasteiger partial charge on any atom is 0.225 e. The Labute approximate surface area is 108 Å². The second-order valence-corrected chi connectivity index (χ2v) is 5.13. The van der Waals surface area contributed by atoms with Crippen LogP contribution in [0.15, 0.2) is 0 Å². The summed E-state index contributed by atoms with van der Waals surface area (Å²) in [6.45, 7) is 1.83. The van der Waals surface area contributed by atoms with E-state index in [1.54, 1.807) is 0 Å². The van der Waals surface area contributed by atoms with Crippen LogP contribution in [0.2, 0.25) is 0 Å². The Morgan fingerprint density at radius 1 is 1.39 bits per heavy atom. The largest absolute Gasteiger partial charge is 0.378 e. The molecule has 0 aromatic rings. The highest BCUT2D eigenvalue weighted by Crippen LogP contribution is 2.20. The molecule has 0 radical (unpaired) electrons. The van der Waals surface area contributed by atoms with Gasteiger partial charge >= 0.3 is 0 Å². The Balaban J connectivity index is 1.49. The molecule has 5 nitrogen and oxygen atoms in total. The van der Waals surface area contributed by atoms with Crippen LogP contribution in [0, 0.1) is 5.92 Å². The van der Waals surface area contributed by atoms with Gasteiger partial charge in [0.25, 0.3) is 0 Å². The molecular weight excluding hydrogens is 232 g/mol. The van der Waals surface area contributed by atoms with E-state index in [0.717, 1.165) is 6.42 Å². The quantitative estimate of drug-likeness (QED) is 0.682. The third-order valence-corrected chi connectivity index (χ3v) is 3.62. The number of hydrogen-bond acceptors (Lipinski definition) is 3. The fraction of sp³-hybridized carbons (Fsp3) is 0.846. The summed E-state index contributed by atoms with van der Waals surface area (Å²) >= 11 is 0. The second kappa shape index (κ2) is 6.73. The molecule has 0 aromatic carbocycles. The molecule has 1 atom stereocenters. The lowest BCUT2D eigenvalue weighted by Crippen LogP contribution is -2.33. The number of hydrogen-bond donors (Lipinski definition) is 2. The van der Waals surface area contributed by atoms with E-state index in [2.05, 4.69) is 10.6 Å². The lowest BCUT2D eigenvalue weighted by atomic mass is 10.1. The third-order valence-electron chi connectivity index (χ3n) is 3.62. The number of ether oxygens (including phenoxy) is 1. The minimum atomic E-state index is -0.187. The van der Waals surface area contributed by atoms with Gasteiger partial charge in [0, 0.05) is 26.1 Å². The van der Waals surface area contributed by atoms with Gasteiger partial charge in [0.05, 0.1) is 12.0 Å². The monoisotopic (exact) mass is 254 g/mol. The minimum absolute atomic E-state index is 0.0192. The van der Waals surface area contributed by atoms with E-state index in [4.69, 9.17) is 4.74 Å². The normalized spacial score (nSPS) is 24.2. The first-order valence-electron chi connectivity index (χ1n) is 6.91. The molecule has 0 unspecified atom stereocenters. The van der Waals surface area contributed by atoms with Crippen LogP contribution in [-0.2, 0) is 14.3 Å². The molecule has 5 heteroatoms. The van der Waals surface area contributed by atoms with Gasteiger partial charge in [0.1, 0.15) is 0 Å². The molecule has 2 amide bonds. The van der Waals surface area contributed by atoms with Crippen LogP contribution in [0.5, 0.6) is 0 Å². The van der Waals surface area contributed by atoms with Gasteiger partial charge in [-0.05, 0) is 19.3 Å². The molecule has 2 rings (SSSR count). The summed E-state index contributed by atoms with van der Waals surface area (Å²) in [4.78, 5) is 22.6. The van der Waals surface area contributed by atoms with Crippen molar-refractivity contribution in [2.75, 3.05) is 19.7 Å². The molecule has 18 heavy (non-hydrogen) atoms. The van der Waals surface area contributed by atoms with E-state index in [9.17, 15) is 9.59 Å². The van der Waals surface area contributed by atoms with E-state index in [0.29, 0.717) is 32.2 Å². The number of rotatable bonds is 6. The molecule has 1 aliphatic carbocycles. The highest BCUT2D eigenvalue weighted by atomic mass is 16.5. The zero-order chi connectivity index (χ0) is 12.8. The van der Waals surface area contributed by atoms with Gasteiger partial charge in [0.15, 0.2) is 0 Å². The van der Waals surface area contributed by atoms with Crippen LogP contribution < -0.4 is 10.6 Å². The van der Waals surface area contributed by atoms with E-state index in [1.165, 1.54) is 25.7 Å². The molecule has 1 heterocycles. The second-order valence-electron chi connectivity index (χ2n) is 5.13. The van der Waals surface area contributed by atoms with Gasteiger partial charge < -0.3 is 15.4 Å².